The van der Waals surface area contributed by atoms with Crippen LogP contribution in [0.15, 0.2) is 77.1 Å². The fourth-order valence-corrected chi connectivity index (χ4v) is 5.26. The summed E-state index contributed by atoms with van der Waals surface area (Å²) in [4.78, 5) is 1.43. The Balaban J connectivity index is 0.00000210. The number of rotatable bonds is 5. The lowest BCUT2D eigenvalue weighted by Crippen LogP contribution is -2.11. The van der Waals surface area contributed by atoms with E-state index in [0.29, 0.717) is 18.5 Å². The Morgan fingerprint density at radius 2 is 1.78 bits per heavy atom. The number of benzene rings is 2. The van der Waals surface area contributed by atoms with E-state index in [1.807, 2.05) is 23.6 Å². The van der Waals surface area contributed by atoms with E-state index in [0.717, 1.165) is 21.4 Å². The third kappa shape index (κ3) is 3.53. The number of hydrogen-bond acceptors (Lipinski definition) is 4. The summed E-state index contributed by atoms with van der Waals surface area (Å²) in [5.74, 6) is 0. The van der Waals surface area contributed by atoms with Gasteiger partial charge in [0.2, 0.25) is 0 Å². The number of nitrogens with two attached hydrogens (primary N) is 1. The largest absolute Gasteiger partial charge is 0.330 e. The quantitative estimate of drug-likeness (QED) is 0.517. The molecule has 2 heterocycles. The molecule has 2 N–H and O–H groups in total. The molecule has 2 aromatic heterocycles. The Morgan fingerprint density at radius 1 is 1.00 bits per heavy atom. The lowest BCUT2D eigenvalue weighted by Gasteiger charge is -2.07. The molecule has 0 atom stereocenters. The van der Waals surface area contributed by atoms with Crippen molar-refractivity contribution in [2.45, 2.75) is 11.3 Å². The van der Waals surface area contributed by atoms with Crippen molar-refractivity contribution in [3.8, 4) is 10.4 Å². The van der Waals surface area contributed by atoms with Gasteiger partial charge in [0, 0.05) is 16.5 Å². The number of thiophene rings is 1. The molecule has 4 aromatic rings. The van der Waals surface area contributed by atoms with E-state index in [1.165, 1.54) is 3.97 Å². The summed E-state index contributed by atoms with van der Waals surface area (Å²) in [6.45, 7) is 0.466. The zero-order valence-corrected chi connectivity index (χ0v) is 16.9. The first-order chi connectivity index (χ1) is 12.6. The molecule has 0 fully saturated rings. The van der Waals surface area contributed by atoms with Crippen molar-refractivity contribution in [2.24, 2.45) is 5.73 Å². The lowest BCUT2D eigenvalue weighted by molar-refractivity contribution is 0.589. The first kappa shape index (κ1) is 19.6. The van der Waals surface area contributed by atoms with Gasteiger partial charge in [-0.1, -0.05) is 30.3 Å². The van der Waals surface area contributed by atoms with Crippen LogP contribution in [-0.2, 0) is 16.4 Å². The van der Waals surface area contributed by atoms with Crippen LogP contribution in [0.1, 0.15) is 5.56 Å². The van der Waals surface area contributed by atoms with Gasteiger partial charge in [-0.2, -0.15) is 0 Å². The molecule has 4 rings (SSSR count). The van der Waals surface area contributed by atoms with Gasteiger partial charge in [0.15, 0.2) is 0 Å². The second kappa shape index (κ2) is 7.86. The maximum absolute atomic E-state index is 13.1. The number of fused-ring (bicyclic) bond motifs is 1. The van der Waals surface area contributed by atoms with E-state index in [2.05, 4.69) is 12.1 Å². The molecular formula is C20H19ClN2O2S2. The topological polar surface area (TPSA) is 65.1 Å². The van der Waals surface area contributed by atoms with Gasteiger partial charge in [-0.25, -0.2) is 12.4 Å². The predicted octanol–water partition coefficient (Wildman–Crippen LogP) is 4.53. The van der Waals surface area contributed by atoms with Crippen LogP contribution in [0.2, 0.25) is 0 Å². The second-order valence-electron chi connectivity index (χ2n) is 6.02. The minimum absolute atomic E-state index is 0. The second-order valence-corrected chi connectivity index (χ2v) is 8.78. The van der Waals surface area contributed by atoms with Crippen molar-refractivity contribution in [2.75, 3.05) is 6.54 Å². The molecule has 140 valence electrons. The third-order valence-corrected chi connectivity index (χ3v) is 6.98. The summed E-state index contributed by atoms with van der Waals surface area (Å²) in [5.41, 5.74) is 8.46. The normalized spacial score (nSPS) is 11.4. The molecule has 0 aliphatic heterocycles. The van der Waals surface area contributed by atoms with Crippen molar-refractivity contribution in [1.82, 2.24) is 3.97 Å². The molecular weight excluding hydrogens is 400 g/mol. The minimum atomic E-state index is -3.65. The van der Waals surface area contributed by atoms with E-state index in [9.17, 15) is 8.42 Å². The van der Waals surface area contributed by atoms with Crippen LogP contribution in [0.5, 0.6) is 0 Å². The number of aromatic nitrogens is 1. The number of hydrogen-bond donors (Lipinski definition) is 1. The average molecular weight is 419 g/mol. The van der Waals surface area contributed by atoms with Crippen LogP contribution < -0.4 is 5.73 Å². The molecule has 0 aliphatic carbocycles. The number of nitrogens with zero attached hydrogens (tertiary/aromatic N) is 1. The van der Waals surface area contributed by atoms with Crippen molar-refractivity contribution in [3.05, 3.63) is 77.8 Å². The van der Waals surface area contributed by atoms with E-state index >= 15 is 0 Å². The van der Waals surface area contributed by atoms with Crippen LogP contribution in [0.4, 0.5) is 0 Å². The highest BCUT2D eigenvalue weighted by molar-refractivity contribution is 7.90. The lowest BCUT2D eigenvalue weighted by atomic mass is 10.1. The van der Waals surface area contributed by atoms with Gasteiger partial charge in [0.25, 0.3) is 10.0 Å². The maximum atomic E-state index is 13.1. The summed E-state index contributed by atoms with van der Waals surface area (Å²) in [7, 11) is -3.65. The van der Waals surface area contributed by atoms with E-state index in [-0.39, 0.29) is 17.3 Å². The summed E-state index contributed by atoms with van der Waals surface area (Å²) < 4.78 is 27.6. The zero-order valence-electron chi connectivity index (χ0n) is 14.4. The average Bonchev–Trinajstić information content (AvgIpc) is 3.31. The van der Waals surface area contributed by atoms with Gasteiger partial charge >= 0.3 is 0 Å². The Labute approximate surface area is 168 Å². The van der Waals surface area contributed by atoms with Crippen LogP contribution in [0.3, 0.4) is 0 Å². The first-order valence-electron chi connectivity index (χ1n) is 8.30. The highest BCUT2D eigenvalue weighted by Crippen LogP contribution is 2.32. The Kier molecular flexibility index (Phi) is 5.72. The van der Waals surface area contributed by atoms with Gasteiger partial charge in [0.1, 0.15) is 0 Å². The highest BCUT2D eigenvalue weighted by atomic mass is 35.5. The molecule has 4 nitrogen and oxygen atoms in total. The fourth-order valence-electron chi connectivity index (χ4n) is 3.12. The van der Waals surface area contributed by atoms with Crippen LogP contribution in [0, 0.1) is 0 Å². The third-order valence-electron chi connectivity index (χ3n) is 4.37. The van der Waals surface area contributed by atoms with Crippen LogP contribution in [0.25, 0.3) is 21.3 Å². The standard InChI is InChI=1S/C20H18N2O2S2.ClH/c21-11-10-16-14-22(26(23,24)17-5-2-1-3-6-17)19-9-8-15(13-18(16)19)20-7-4-12-25-20;/h1-9,12-14H,10-11,21H2;1H. The highest BCUT2D eigenvalue weighted by Gasteiger charge is 2.21. The molecule has 0 saturated carbocycles. The summed E-state index contributed by atoms with van der Waals surface area (Å²) in [5, 5.41) is 2.96. The molecule has 0 unspecified atom stereocenters. The minimum Gasteiger partial charge on any atom is -0.330 e. The van der Waals surface area contributed by atoms with E-state index < -0.39 is 10.0 Å². The maximum Gasteiger partial charge on any atom is 0.268 e. The Bertz CT molecular complexity index is 1150. The smallest absolute Gasteiger partial charge is 0.268 e. The summed E-state index contributed by atoms with van der Waals surface area (Å²) in [6, 6.07) is 18.5. The van der Waals surface area contributed by atoms with Crippen LogP contribution >= 0.6 is 23.7 Å². The molecule has 2 aromatic carbocycles. The predicted molar refractivity (Wildman–Crippen MR) is 114 cm³/mol. The summed E-state index contributed by atoms with van der Waals surface area (Å²) >= 11 is 1.66. The number of halogens is 1. The molecule has 0 radical (unpaired) electrons. The van der Waals surface area contributed by atoms with Crippen molar-refractivity contribution >= 4 is 44.7 Å². The molecule has 0 amide bonds. The van der Waals surface area contributed by atoms with Crippen molar-refractivity contribution in [3.63, 3.8) is 0 Å². The monoisotopic (exact) mass is 418 g/mol. The molecule has 0 aliphatic rings. The fraction of sp³-hybridized carbons (Fsp3) is 0.100. The van der Waals surface area contributed by atoms with E-state index in [4.69, 9.17) is 5.73 Å². The van der Waals surface area contributed by atoms with E-state index in [1.54, 1.807) is 47.9 Å². The Hall–Kier alpha value is -2.12. The van der Waals surface area contributed by atoms with Gasteiger partial charge in [-0.15, -0.1) is 23.7 Å². The molecule has 0 spiro atoms. The van der Waals surface area contributed by atoms with Crippen LogP contribution in [-0.4, -0.2) is 18.9 Å². The van der Waals surface area contributed by atoms with Crippen molar-refractivity contribution < 1.29 is 8.42 Å². The van der Waals surface area contributed by atoms with Gasteiger partial charge < -0.3 is 5.73 Å². The van der Waals surface area contributed by atoms with Gasteiger partial charge in [0.05, 0.1) is 10.4 Å². The molecule has 7 heteroatoms. The SMILES string of the molecule is Cl.NCCc1cn(S(=O)(=O)c2ccccc2)c2ccc(-c3cccs3)cc12. The molecule has 27 heavy (non-hydrogen) atoms. The zero-order chi connectivity index (χ0) is 18.1. The van der Waals surface area contributed by atoms with Crippen molar-refractivity contribution in [1.29, 1.82) is 0 Å². The summed E-state index contributed by atoms with van der Waals surface area (Å²) in [6.07, 6.45) is 2.33. The Morgan fingerprint density at radius 3 is 2.44 bits per heavy atom. The molecule has 0 saturated heterocycles. The first-order valence-corrected chi connectivity index (χ1v) is 10.6. The molecule has 0 bridgehead atoms. The van der Waals surface area contributed by atoms with Gasteiger partial charge in [-0.3, -0.25) is 0 Å². The van der Waals surface area contributed by atoms with Gasteiger partial charge in [-0.05, 0) is 59.8 Å².